The van der Waals surface area contributed by atoms with Crippen LogP contribution in [0.5, 0.6) is 0 Å². The normalized spacial score (nSPS) is 19.8. The molecule has 0 saturated carbocycles. The van der Waals surface area contributed by atoms with Crippen LogP contribution in [-0.2, 0) is 21.9 Å². The molecule has 1 amide bonds. The summed E-state index contributed by atoms with van der Waals surface area (Å²) in [5, 5.41) is 0. The molecule has 5 nitrogen and oxygen atoms in total. The molecule has 200 valence electrons. The summed E-state index contributed by atoms with van der Waals surface area (Å²) < 4.78 is 79.7. The quantitative estimate of drug-likeness (QED) is 0.507. The van der Waals surface area contributed by atoms with Gasteiger partial charge in [0.2, 0.25) is 5.91 Å². The van der Waals surface area contributed by atoms with Crippen molar-refractivity contribution in [2.24, 2.45) is 17.4 Å². The zero-order valence-corrected chi connectivity index (χ0v) is 20.1. The van der Waals surface area contributed by atoms with Crippen molar-refractivity contribution in [1.29, 1.82) is 0 Å². The van der Waals surface area contributed by atoms with E-state index in [1.807, 2.05) is 18.2 Å². The molecule has 1 fully saturated rings. The van der Waals surface area contributed by atoms with E-state index in [2.05, 4.69) is 17.0 Å². The van der Waals surface area contributed by atoms with Crippen molar-refractivity contribution >= 4 is 5.91 Å². The zero-order valence-electron chi connectivity index (χ0n) is 20.1. The first kappa shape index (κ1) is 29.6. The third-order valence-corrected chi connectivity index (χ3v) is 6.09. The highest BCUT2D eigenvalue weighted by Crippen LogP contribution is 2.38. The van der Waals surface area contributed by atoms with Crippen LogP contribution in [0.15, 0.2) is 48.5 Å². The molecule has 1 aliphatic heterocycles. The molecule has 0 radical (unpaired) electrons. The Morgan fingerprint density at radius 3 is 2.03 bits per heavy atom. The van der Waals surface area contributed by atoms with Gasteiger partial charge in [-0.2, -0.15) is 26.3 Å². The van der Waals surface area contributed by atoms with Crippen molar-refractivity contribution in [2.45, 2.75) is 44.3 Å². The summed E-state index contributed by atoms with van der Waals surface area (Å²) in [7, 11) is 1.21. The summed E-state index contributed by atoms with van der Waals surface area (Å²) >= 11 is 0. The number of nitrogens with two attached hydrogens (primary N) is 2. The molecule has 1 heterocycles. The molecule has 0 bridgehead atoms. The Balaban J connectivity index is 0.000000254. The van der Waals surface area contributed by atoms with Crippen LogP contribution in [0.4, 0.5) is 26.3 Å². The van der Waals surface area contributed by atoms with Crippen LogP contribution in [0.3, 0.4) is 0 Å². The number of piperidine rings is 1. The number of hydrogen-bond donors (Lipinski definition) is 2. The second-order valence-corrected chi connectivity index (χ2v) is 8.72. The zero-order chi connectivity index (χ0) is 27.1. The molecule has 3 rings (SSSR count). The Morgan fingerprint density at radius 2 is 1.58 bits per heavy atom. The van der Waals surface area contributed by atoms with Crippen molar-refractivity contribution in [3.63, 3.8) is 0 Å². The summed E-state index contributed by atoms with van der Waals surface area (Å²) in [4.78, 5) is 13.4. The SMILES string of the molecule is CO[C@H](C)c1cc(C(F)(F)F)cc(C(F)(F)F)c1.NC[C@H]1CC[C@@H](c2ccccc2)N(CC(N)=O)C1. The van der Waals surface area contributed by atoms with Gasteiger partial charge in [0.25, 0.3) is 0 Å². The number of rotatable bonds is 6. The number of carbonyl (C=O) groups excluding carboxylic acids is 1. The summed E-state index contributed by atoms with van der Waals surface area (Å²) in [5.41, 5.74) is 9.49. The lowest BCUT2D eigenvalue weighted by molar-refractivity contribution is -0.143. The lowest BCUT2D eigenvalue weighted by Crippen LogP contribution is -2.44. The summed E-state index contributed by atoms with van der Waals surface area (Å²) in [6, 6.07) is 12.0. The maximum Gasteiger partial charge on any atom is 0.416 e. The third-order valence-electron chi connectivity index (χ3n) is 6.09. The van der Waals surface area contributed by atoms with Crippen LogP contribution in [-0.4, -0.2) is 37.6 Å². The van der Waals surface area contributed by atoms with Gasteiger partial charge in [0.05, 0.1) is 23.8 Å². The number of hydrogen-bond acceptors (Lipinski definition) is 4. The molecule has 2 aromatic carbocycles. The lowest BCUT2D eigenvalue weighted by Gasteiger charge is -2.39. The third kappa shape index (κ3) is 8.49. The molecular weight excluding hydrogens is 488 g/mol. The number of ether oxygens (including phenoxy) is 1. The molecule has 2 aromatic rings. The lowest BCUT2D eigenvalue weighted by atomic mass is 9.89. The summed E-state index contributed by atoms with van der Waals surface area (Å²) in [6.07, 6.45) is -8.36. The Morgan fingerprint density at radius 1 is 1.03 bits per heavy atom. The van der Waals surface area contributed by atoms with Gasteiger partial charge in [-0.1, -0.05) is 30.3 Å². The van der Waals surface area contributed by atoms with E-state index in [4.69, 9.17) is 16.2 Å². The predicted octanol–water partition coefficient (Wildman–Crippen LogP) is 5.32. The molecule has 1 aliphatic rings. The molecule has 0 unspecified atom stereocenters. The number of primary amides is 1. The smallest absolute Gasteiger partial charge is 0.377 e. The van der Waals surface area contributed by atoms with Crippen molar-refractivity contribution in [2.75, 3.05) is 26.7 Å². The molecule has 0 spiro atoms. The molecule has 3 atom stereocenters. The first-order valence-corrected chi connectivity index (χ1v) is 11.4. The van der Waals surface area contributed by atoms with Crippen molar-refractivity contribution in [1.82, 2.24) is 4.90 Å². The van der Waals surface area contributed by atoms with E-state index < -0.39 is 29.6 Å². The van der Waals surface area contributed by atoms with Crippen molar-refractivity contribution in [3.05, 3.63) is 70.8 Å². The van der Waals surface area contributed by atoms with Crippen LogP contribution in [0.25, 0.3) is 0 Å². The Kier molecular flexibility index (Phi) is 10.3. The van der Waals surface area contributed by atoms with Gasteiger partial charge in [-0.15, -0.1) is 0 Å². The number of benzene rings is 2. The number of amides is 1. The number of alkyl halides is 6. The molecule has 36 heavy (non-hydrogen) atoms. The Labute approximate surface area is 206 Å². The second-order valence-electron chi connectivity index (χ2n) is 8.72. The standard InChI is InChI=1S/C14H21N3O.C11H10F6O/c15-8-11-6-7-13(12-4-2-1-3-5-12)17(9-11)10-14(16)18;1-6(18-2)7-3-8(10(12,13)14)5-9(4-7)11(15,16)17/h1-5,11,13H,6-10,15H2,(H2,16,18);3-6H,1-2H3/t11-,13+;6-/m11/s1. The van der Waals surface area contributed by atoms with Gasteiger partial charge in [-0.25, -0.2) is 0 Å². The van der Waals surface area contributed by atoms with Gasteiger partial charge >= 0.3 is 12.4 Å². The molecule has 11 heteroatoms. The Bertz CT molecular complexity index is 950. The van der Waals surface area contributed by atoms with E-state index in [0.717, 1.165) is 19.4 Å². The fourth-order valence-electron chi connectivity index (χ4n) is 4.10. The maximum absolute atomic E-state index is 12.5. The fourth-order valence-corrected chi connectivity index (χ4v) is 4.10. The van der Waals surface area contributed by atoms with Crippen LogP contribution in [0.1, 0.15) is 54.2 Å². The minimum absolute atomic E-state index is 0.0892. The van der Waals surface area contributed by atoms with E-state index in [-0.39, 0.29) is 17.5 Å². The number of likely N-dealkylation sites (tertiary alicyclic amines) is 1. The van der Waals surface area contributed by atoms with E-state index >= 15 is 0 Å². The van der Waals surface area contributed by atoms with E-state index in [1.54, 1.807) is 0 Å². The molecule has 0 aliphatic carbocycles. The fraction of sp³-hybridized carbons (Fsp3) is 0.480. The predicted molar refractivity (Wildman–Crippen MR) is 124 cm³/mol. The number of carbonyl (C=O) groups is 1. The van der Waals surface area contributed by atoms with Crippen molar-refractivity contribution < 1.29 is 35.9 Å². The van der Waals surface area contributed by atoms with Gasteiger partial charge in [-0.05, 0) is 61.6 Å². The topological polar surface area (TPSA) is 81.6 Å². The molecule has 4 N–H and O–H groups in total. The second kappa shape index (κ2) is 12.6. The van der Waals surface area contributed by atoms with E-state index in [1.165, 1.54) is 19.6 Å². The highest BCUT2D eigenvalue weighted by molar-refractivity contribution is 5.76. The summed E-state index contributed by atoms with van der Waals surface area (Å²) in [5.74, 6) is 0.206. The van der Waals surface area contributed by atoms with Crippen LogP contribution >= 0.6 is 0 Å². The van der Waals surface area contributed by atoms with Gasteiger partial charge < -0.3 is 16.2 Å². The average Bonchev–Trinajstić information content (AvgIpc) is 2.82. The van der Waals surface area contributed by atoms with Gasteiger partial charge in [-0.3, -0.25) is 9.69 Å². The molecule has 0 aromatic heterocycles. The molecular formula is C25H31F6N3O2. The minimum atomic E-state index is -4.83. The summed E-state index contributed by atoms with van der Waals surface area (Å²) in [6.45, 7) is 3.22. The number of methoxy groups -OCH3 is 1. The Hall–Kier alpha value is -2.63. The van der Waals surface area contributed by atoms with E-state index in [0.29, 0.717) is 37.2 Å². The van der Waals surface area contributed by atoms with Crippen LogP contribution < -0.4 is 11.5 Å². The highest BCUT2D eigenvalue weighted by atomic mass is 19.4. The van der Waals surface area contributed by atoms with Crippen LogP contribution in [0, 0.1) is 5.92 Å². The maximum atomic E-state index is 12.5. The number of halogens is 6. The molecule has 1 saturated heterocycles. The minimum Gasteiger partial charge on any atom is -0.377 e. The highest BCUT2D eigenvalue weighted by Gasteiger charge is 2.37. The first-order chi connectivity index (χ1) is 16.8. The van der Waals surface area contributed by atoms with Gasteiger partial charge in [0.1, 0.15) is 0 Å². The average molecular weight is 520 g/mol. The van der Waals surface area contributed by atoms with E-state index in [9.17, 15) is 31.1 Å². The van der Waals surface area contributed by atoms with Crippen LogP contribution in [0.2, 0.25) is 0 Å². The van der Waals surface area contributed by atoms with Gasteiger partial charge in [0.15, 0.2) is 0 Å². The van der Waals surface area contributed by atoms with Gasteiger partial charge in [0, 0.05) is 19.7 Å². The first-order valence-electron chi connectivity index (χ1n) is 11.4. The number of nitrogens with zero attached hydrogens (tertiary/aromatic N) is 1. The largest absolute Gasteiger partial charge is 0.416 e. The monoisotopic (exact) mass is 519 g/mol. The van der Waals surface area contributed by atoms with Crippen molar-refractivity contribution in [3.8, 4) is 0 Å².